The second-order valence-corrected chi connectivity index (χ2v) is 9.23. The Labute approximate surface area is 194 Å². The number of nitrogens with zero attached hydrogens (tertiary/aromatic N) is 3. The van der Waals surface area contributed by atoms with E-state index in [2.05, 4.69) is 26.1 Å². The molecule has 4 aromatic rings. The highest BCUT2D eigenvalue weighted by Gasteiger charge is 2.45. The summed E-state index contributed by atoms with van der Waals surface area (Å²) in [5, 5.41) is 19.7. The van der Waals surface area contributed by atoms with Crippen LogP contribution in [0, 0.1) is 6.92 Å². The van der Waals surface area contributed by atoms with Crippen molar-refractivity contribution in [2.45, 2.75) is 19.9 Å². The Morgan fingerprint density at radius 2 is 2.03 bits per heavy atom. The van der Waals surface area contributed by atoms with Gasteiger partial charge in [-0.1, -0.05) is 33.3 Å². The Kier molecular flexibility index (Phi) is 4.98. The molecule has 5 rings (SSSR count). The molecule has 0 radical (unpaired) electrons. The molecule has 1 N–H and O–H groups in total. The Balaban J connectivity index is 1.80. The molecule has 1 aliphatic heterocycles. The third-order valence-corrected chi connectivity index (χ3v) is 6.48. The normalized spacial score (nSPS) is 15.4. The molecule has 0 spiro atoms. The second-order valence-electron chi connectivity index (χ2n) is 7.16. The van der Waals surface area contributed by atoms with E-state index in [0.717, 1.165) is 4.47 Å². The van der Waals surface area contributed by atoms with E-state index in [0.29, 0.717) is 33.3 Å². The van der Waals surface area contributed by atoms with Crippen LogP contribution in [0.4, 0.5) is 5.13 Å². The first-order valence-electron chi connectivity index (χ1n) is 9.74. The molecule has 2 aromatic heterocycles. The van der Waals surface area contributed by atoms with E-state index in [1.54, 1.807) is 44.2 Å². The minimum atomic E-state index is -0.815. The number of hydrogen-bond acceptors (Lipinski definition) is 8. The highest BCUT2D eigenvalue weighted by atomic mass is 79.9. The maximum Gasteiger partial charge on any atom is 0.297 e. The SMILES string of the molecule is CCOc1cc(C2c3c(oc4ccc(Br)cc4c3=O)C(=O)N2c2nnc(C)s2)ccc1O. The molecule has 0 aliphatic carbocycles. The molecule has 32 heavy (non-hydrogen) atoms. The van der Waals surface area contributed by atoms with E-state index in [9.17, 15) is 14.7 Å². The van der Waals surface area contributed by atoms with Crippen LogP contribution in [-0.4, -0.2) is 27.8 Å². The van der Waals surface area contributed by atoms with Crippen LogP contribution in [0.5, 0.6) is 11.5 Å². The van der Waals surface area contributed by atoms with Gasteiger partial charge in [0.25, 0.3) is 5.91 Å². The molecule has 8 nitrogen and oxygen atoms in total. The zero-order chi connectivity index (χ0) is 22.6. The number of hydrogen-bond donors (Lipinski definition) is 1. The minimum Gasteiger partial charge on any atom is -0.504 e. The number of phenolic OH excluding ortho intramolecular Hbond substituents is 1. The summed E-state index contributed by atoms with van der Waals surface area (Å²) in [6.45, 7) is 3.93. The molecule has 162 valence electrons. The molecule has 10 heteroatoms. The van der Waals surface area contributed by atoms with E-state index in [1.807, 2.05) is 0 Å². The van der Waals surface area contributed by atoms with Crippen molar-refractivity contribution in [1.82, 2.24) is 10.2 Å². The van der Waals surface area contributed by atoms with E-state index in [1.165, 1.54) is 22.3 Å². The van der Waals surface area contributed by atoms with Crippen molar-refractivity contribution in [3.05, 3.63) is 73.0 Å². The first kappa shape index (κ1) is 20.7. The van der Waals surface area contributed by atoms with Crippen LogP contribution in [0.1, 0.15) is 39.7 Å². The second kappa shape index (κ2) is 7.72. The zero-order valence-electron chi connectivity index (χ0n) is 17.0. The summed E-state index contributed by atoms with van der Waals surface area (Å²) >= 11 is 4.63. The third-order valence-electron chi connectivity index (χ3n) is 5.15. The van der Waals surface area contributed by atoms with Crippen molar-refractivity contribution in [1.29, 1.82) is 0 Å². The fourth-order valence-corrected chi connectivity index (χ4v) is 4.89. The Hall–Kier alpha value is -3.24. The van der Waals surface area contributed by atoms with E-state index < -0.39 is 11.9 Å². The van der Waals surface area contributed by atoms with Gasteiger partial charge >= 0.3 is 0 Å². The van der Waals surface area contributed by atoms with Crippen molar-refractivity contribution in [3.63, 3.8) is 0 Å². The molecule has 1 unspecified atom stereocenters. The van der Waals surface area contributed by atoms with Crippen molar-refractivity contribution in [2.75, 3.05) is 11.5 Å². The highest BCUT2D eigenvalue weighted by Crippen LogP contribution is 2.43. The van der Waals surface area contributed by atoms with Gasteiger partial charge in [-0.05, 0) is 49.7 Å². The number of amides is 1. The van der Waals surface area contributed by atoms with Gasteiger partial charge in [0.15, 0.2) is 16.9 Å². The van der Waals surface area contributed by atoms with Crippen LogP contribution in [-0.2, 0) is 0 Å². The molecule has 0 saturated carbocycles. The largest absolute Gasteiger partial charge is 0.504 e. The van der Waals surface area contributed by atoms with Crippen LogP contribution >= 0.6 is 27.3 Å². The third kappa shape index (κ3) is 3.18. The molecular weight excluding hydrogens is 498 g/mol. The summed E-state index contributed by atoms with van der Waals surface area (Å²) in [4.78, 5) is 28.5. The fraction of sp³-hybridized carbons (Fsp3) is 0.182. The average molecular weight is 514 g/mol. The zero-order valence-corrected chi connectivity index (χ0v) is 19.4. The molecule has 1 aliphatic rings. The van der Waals surface area contributed by atoms with Gasteiger partial charge in [0.2, 0.25) is 10.9 Å². The molecule has 0 saturated heterocycles. The lowest BCUT2D eigenvalue weighted by molar-refractivity contribution is 0.0970. The van der Waals surface area contributed by atoms with Crippen LogP contribution in [0.3, 0.4) is 0 Å². The van der Waals surface area contributed by atoms with Gasteiger partial charge < -0.3 is 14.3 Å². The quantitative estimate of drug-likeness (QED) is 0.425. The number of anilines is 1. The monoisotopic (exact) mass is 513 g/mol. The maximum absolute atomic E-state index is 13.6. The molecule has 3 heterocycles. The molecular formula is C22H16BrN3O5S. The number of halogens is 1. The molecule has 0 bridgehead atoms. The smallest absolute Gasteiger partial charge is 0.297 e. The summed E-state index contributed by atoms with van der Waals surface area (Å²) in [6.07, 6.45) is 0. The number of aromatic hydroxyl groups is 1. The summed E-state index contributed by atoms with van der Waals surface area (Å²) in [5.41, 5.74) is 0.796. The minimum absolute atomic E-state index is 0.0336. The van der Waals surface area contributed by atoms with Crippen LogP contribution in [0.2, 0.25) is 0 Å². The van der Waals surface area contributed by atoms with Gasteiger partial charge in [-0.3, -0.25) is 14.5 Å². The average Bonchev–Trinajstić information content (AvgIpc) is 3.31. The Bertz CT molecular complexity index is 1450. The molecule has 1 amide bonds. The predicted molar refractivity (Wildman–Crippen MR) is 123 cm³/mol. The molecule has 0 fully saturated rings. The number of ether oxygens (including phenoxy) is 1. The van der Waals surface area contributed by atoms with E-state index in [4.69, 9.17) is 9.15 Å². The summed E-state index contributed by atoms with van der Waals surface area (Å²) in [6, 6.07) is 9.00. The van der Waals surface area contributed by atoms with Gasteiger partial charge in [-0.15, -0.1) is 10.2 Å². The maximum atomic E-state index is 13.6. The van der Waals surface area contributed by atoms with Gasteiger partial charge in [-0.2, -0.15) is 0 Å². The molecule has 1 atom stereocenters. The van der Waals surface area contributed by atoms with Crippen molar-refractivity contribution < 1.29 is 19.1 Å². The predicted octanol–water partition coefficient (Wildman–Crippen LogP) is 4.57. The summed E-state index contributed by atoms with van der Waals surface area (Å²) in [7, 11) is 0. The highest BCUT2D eigenvalue weighted by molar-refractivity contribution is 9.10. The Morgan fingerprint density at radius 1 is 1.22 bits per heavy atom. The number of phenols is 1. The lowest BCUT2D eigenvalue weighted by Gasteiger charge is -2.22. The van der Waals surface area contributed by atoms with Gasteiger partial charge in [0, 0.05) is 4.47 Å². The number of carbonyl (C=O) groups is 1. The number of aromatic nitrogens is 2. The Morgan fingerprint density at radius 3 is 2.75 bits per heavy atom. The topological polar surface area (TPSA) is 106 Å². The standard InChI is InChI=1S/C22H16BrN3O5S/c1-3-30-16-8-11(4-6-14(16)27)18-17-19(28)13-9-12(23)5-7-15(13)31-20(17)21(29)26(18)22-25-24-10(2)32-22/h4-9,18,27H,3H2,1-2H3. The van der Waals surface area contributed by atoms with Crippen molar-refractivity contribution in [3.8, 4) is 11.5 Å². The van der Waals surface area contributed by atoms with E-state index >= 15 is 0 Å². The van der Waals surface area contributed by atoms with Crippen LogP contribution in [0.15, 0.2) is 50.1 Å². The van der Waals surface area contributed by atoms with Crippen molar-refractivity contribution >= 4 is 49.3 Å². The first-order valence-corrected chi connectivity index (χ1v) is 11.4. The number of rotatable bonds is 4. The summed E-state index contributed by atoms with van der Waals surface area (Å²) < 4.78 is 12.2. The van der Waals surface area contributed by atoms with Crippen molar-refractivity contribution in [2.24, 2.45) is 0 Å². The summed E-state index contributed by atoms with van der Waals surface area (Å²) in [5.74, 6) is -0.289. The van der Waals surface area contributed by atoms with Gasteiger partial charge in [0.05, 0.1) is 23.6 Å². The lowest BCUT2D eigenvalue weighted by atomic mass is 9.98. The first-order chi connectivity index (χ1) is 15.4. The fourth-order valence-electron chi connectivity index (χ4n) is 3.81. The number of benzene rings is 2. The van der Waals surface area contributed by atoms with E-state index in [-0.39, 0.29) is 28.3 Å². The van der Waals surface area contributed by atoms with Gasteiger partial charge in [-0.25, -0.2) is 0 Å². The van der Waals surface area contributed by atoms with Crippen LogP contribution < -0.4 is 15.1 Å². The number of carbonyl (C=O) groups excluding carboxylic acids is 1. The molecule has 2 aromatic carbocycles. The van der Waals surface area contributed by atoms with Gasteiger partial charge in [0.1, 0.15) is 10.6 Å². The number of fused-ring (bicyclic) bond motifs is 2. The number of aryl methyl sites for hydroxylation is 1. The van der Waals surface area contributed by atoms with Crippen LogP contribution in [0.25, 0.3) is 11.0 Å². The lowest BCUT2D eigenvalue weighted by Crippen LogP contribution is -2.29.